The number of likely N-dealkylation sites (N-methyl/N-ethyl adjacent to an activating group) is 2. The highest BCUT2D eigenvalue weighted by Gasteiger charge is 2.40. The van der Waals surface area contributed by atoms with Crippen LogP contribution in [0.3, 0.4) is 0 Å². The molecule has 1 aromatic rings. The molecule has 2 N–H and O–H groups in total. The van der Waals surface area contributed by atoms with Crippen molar-refractivity contribution in [1.82, 2.24) is 14.8 Å². The summed E-state index contributed by atoms with van der Waals surface area (Å²) < 4.78 is 0. The lowest BCUT2D eigenvalue weighted by atomic mass is 9.75. The van der Waals surface area contributed by atoms with Crippen LogP contribution in [-0.2, 0) is 0 Å². The minimum absolute atomic E-state index is 0.000579. The predicted octanol–water partition coefficient (Wildman–Crippen LogP) is 1.22. The fourth-order valence-corrected chi connectivity index (χ4v) is 2.60. The van der Waals surface area contributed by atoms with E-state index in [1.54, 1.807) is 17.0 Å². The standard InChI is InChI=1S/C14H22N4O/c1-17(2)14(7-4-8-14)10-18(3)13(19)11-5-6-12(15)16-9-11/h5-6,9H,4,7-8,10H2,1-3H3,(H2,15,16). The normalized spacial score (nSPS) is 17.1. The molecule has 0 atom stereocenters. The Labute approximate surface area is 114 Å². The van der Waals surface area contributed by atoms with Crippen LogP contribution in [-0.4, -0.2) is 53.9 Å². The molecular weight excluding hydrogens is 240 g/mol. The van der Waals surface area contributed by atoms with Gasteiger partial charge in [0.15, 0.2) is 0 Å². The highest BCUT2D eigenvalue weighted by Crippen LogP contribution is 2.36. The number of rotatable bonds is 4. The number of anilines is 1. The van der Waals surface area contributed by atoms with Gasteiger partial charge in [-0.2, -0.15) is 0 Å². The number of amides is 1. The monoisotopic (exact) mass is 262 g/mol. The van der Waals surface area contributed by atoms with Crippen LogP contribution in [0.4, 0.5) is 5.82 Å². The third-order valence-electron chi connectivity index (χ3n) is 4.14. The van der Waals surface area contributed by atoms with E-state index in [-0.39, 0.29) is 11.4 Å². The van der Waals surface area contributed by atoms with E-state index in [0.717, 1.165) is 19.4 Å². The van der Waals surface area contributed by atoms with Crippen molar-refractivity contribution in [2.24, 2.45) is 0 Å². The molecule has 5 heteroatoms. The number of hydrogen-bond donors (Lipinski definition) is 1. The largest absolute Gasteiger partial charge is 0.384 e. The Kier molecular flexibility index (Phi) is 3.75. The van der Waals surface area contributed by atoms with Gasteiger partial charge in [0.25, 0.3) is 5.91 Å². The fourth-order valence-electron chi connectivity index (χ4n) is 2.60. The molecule has 1 aliphatic carbocycles. The molecule has 2 rings (SSSR count). The zero-order valence-corrected chi connectivity index (χ0v) is 11.9. The summed E-state index contributed by atoms with van der Waals surface area (Å²) in [7, 11) is 6.02. The number of carbonyl (C=O) groups is 1. The Morgan fingerprint density at radius 3 is 2.47 bits per heavy atom. The summed E-state index contributed by atoms with van der Waals surface area (Å²) in [5, 5.41) is 0. The summed E-state index contributed by atoms with van der Waals surface area (Å²) in [5.41, 5.74) is 6.26. The first kappa shape index (κ1) is 13.8. The molecular formula is C14H22N4O. The summed E-state index contributed by atoms with van der Waals surface area (Å²) in [6, 6.07) is 3.39. The second kappa shape index (κ2) is 5.17. The van der Waals surface area contributed by atoms with Gasteiger partial charge in [0, 0.05) is 25.3 Å². The van der Waals surface area contributed by atoms with Gasteiger partial charge in [-0.05, 0) is 45.5 Å². The first-order valence-corrected chi connectivity index (χ1v) is 6.59. The van der Waals surface area contributed by atoms with E-state index in [2.05, 4.69) is 24.0 Å². The van der Waals surface area contributed by atoms with E-state index >= 15 is 0 Å². The van der Waals surface area contributed by atoms with Crippen molar-refractivity contribution < 1.29 is 4.79 Å². The number of nitrogens with zero attached hydrogens (tertiary/aromatic N) is 3. The SMILES string of the molecule is CN(CC1(N(C)C)CCC1)C(=O)c1ccc(N)nc1. The summed E-state index contributed by atoms with van der Waals surface area (Å²) in [4.78, 5) is 20.3. The lowest BCUT2D eigenvalue weighted by Gasteiger charge is -2.49. The van der Waals surface area contributed by atoms with E-state index in [4.69, 9.17) is 5.73 Å². The van der Waals surface area contributed by atoms with Gasteiger partial charge in [0.2, 0.25) is 0 Å². The van der Waals surface area contributed by atoms with Gasteiger partial charge in [-0.15, -0.1) is 0 Å². The van der Waals surface area contributed by atoms with Crippen LogP contribution < -0.4 is 5.73 Å². The first-order valence-electron chi connectivity index (χ1n) is 6.59. The summed E-state index contributed by atoms with van der Waals surface area (Å²) in [6.45, 7) is 0.753. The van der Waals surface area contributed by atoms with Crippen LogP contribution in [0, 0.1) is 0 Å². The van der Waals surface area contributed by atoms with Crippen LogP contribution in [0.2, 0.25) is 0 Å². The Morgan fingerprint density at radius 1 is 1.37 bits per heavy atom. The fraction of sp³-hybridized carbons (Fsp3) is 0.571. The Hall–Kier alpha value is -1.62. The lowest BCUT2D eigenvalue weighted by molar-refractivity contribution is 0.0252. The van der Waals surface area contributed by atoms with Gasteiger partial charge in [-0.25, -0.2) is 4.98 Å². The predicted molar refractivity (Wildman–Crippen MR) is 75.9 cm³/mol. The molecule has 0 aliphatic heterocycles. The second-order valence-corrected chi connectivity index (χ2v) is 5.61. The maximum atomic E-state index is 12.3. The average Bonchev–Trinajstić information content (AvgIpc) is 2.33. The van der Waals surface area contributed by atoms with Crippen LogP contribution >= 0.6 is 0 Å². The molecule has 0 spiro atoms. The summed E-state index contributed by atoms with van der Waals surface area (Å²) in [5.74, 6) is 0.434. The van der Waals surface area contributed by atoms with Gasteiger partial charge in [0.1, 0.15) is 5.82 Å². The van der Waals surface area contributed by atoms with E-state index in [0.29, 0.717) is 11.4 Å². The molecule has 1 heterocycles. The molecule has 5 nitrogen and oxygen atoms in total. The van der Waals surface area contributed by atoms with Crippen molar-refractivity contribution in [3.8, 4) is 0 Å². The minimum atomic E-state index is 0.000579. The molecule has 1 saturated carbocycles. The topological polar surface area (TPSA) is 62.5 Å². The molecule has 1 amide bonds. The Bertz CT molecular complexity index is 451. The molecule has 1 aromatic heterocycles. The molecule has 1 aliphatic rings. The molecule has 0 radical (unpaired) electrons. The van der Waals surface area contributed by atoms with Gasteiger partial charge in [-0.1, -0.05) is 0 Å². The second-order valence-electron chi connectivity index (χ2n) is 5.61. The van der Waals surface area contributed by atoms with E-state index in [1.807, 2.05) is 7.05 Å². The number of nitrogens with two attached hydrogens (primary N) is 1. The molecule has 0 unspecified atom stereocenters. The number of hydrogen-bond acceptors (Lipinski definition) is 4. The van der Waals surface area contributed by atoms with Gasteiger partial charge in [-0.3, -0.25) is 4.79 Å². The average molecular weight is 262 g/mol. The smallest absolute Gasteiger partial charge is 0.255 e. The van der Waals surface area contributed by atoms with E-state index in [1.165, 1.54) is 12.6 Å². The van der Waals surface area contributed by atoms with Gasteiger partial charge >= 0.3 is 0 Å². The highest BCUT2D eigenvalue weighted by atomic mass is 16.2. The lowest BCUT2D eigenvalue weighted by Crippen LogP contribution is -2.57. The van der Waals surface area contributed by atoms with Crippen LogP contribution in [0.15, 0.2) is 18.3 Å². The zero-order valence-electron chi connectivity index (χ0n) is 11.9. The highest BCUT2D eigenvalue weighted by molar-refractivity contribution is 5.93. The number of pyridine rings is 1. The number of aromatic nitrogens is 1. The van der Waals surface area contributed by atoms with Crippen LogP contribution in [0.1, 0.15) is 29.6 Å². The summed E-state index contributed by atoms with van der Waals surface area (Å²) in [6.07, 6.45) is 5.08. The van der Waals surface area contributed by atoms with Crippen LogP contribution in [0.25, 0.3) is 0 Å². The number of carbonyl (C=O) groups excluding carboxylic acids is 1. The van der Waals surface area contributed by atoms with Gasteiger partial charge in [0.05, 0.1) is 5.56 Å². The van der Waals surface area contributed by atoms with E-state index < -0.39 is 0 Å². The quantitative estimate of drug-likeness (QED) is 0.886. The molecule has 0 aromatic carbocycles. The molecule has 104 valence electrons. The third kappa shape index (κ3) is 2.71. The van der Waals surface area contributed by atoms with Crippen molar-refractivity contribution in [3.63, 3.8) is 0 Å². The minimum Gasteiger partial charge on any atom is -0.384 e. The Balaban J connectivity index is 2.05. The van der Waals surface area contributed by atoms with Gasteiger partial charge < -0.3 is 15.5 Å². The molecule has 1 fully saturated rings. The van der Waals surface area contributed by atoms with E-state index in [9.17, 15) is 4.79 Å². The first-order chi connectivity index (χ1) is 8.94. The number of nitrogen functional groups attached to an aromatic ring is 1. The van der Waals surface area contributed by atoms with Crippen molar-refractivity contribution in [3.05, 3.63) is 23.9 Å². The zero-order chi connectivity index (χ0) is 14.0. The maximum Gasteiger partial charge on any atom is 0.255 e. The van der Waals surface area contributed by atoms with Crippen LogP contribution in [0.5, 0.6) is 0 Å². The van der Waals surface area contributed by atoms with Crippen molar-refractivity contribution in [2.75, 3.05) is 33.4 Å². The van der Waals surface area contributed by atoms with Crippen molar-refractivity contribution >= 4 is 11.7 Å². The van der Waals surface area contributed by atoms with Crippen molar-refractivity contribution in [2.45, 2.75) is 24.8 Å². The summed E-state index contributed by atoms with van der Waals surface area (Å²) >= 11 is 0. The van der Waals surface area contributed by atoms with Crippen molar-refractivity contribution in [1.29, 1.82) is 0 Å². The Morgan fingerprint density at radius 2 is 2.05 bits per heavy atom. The maximum absolute atomic E-state index is 12.3. The molecule has 0 bridgehead atoms. The third-order valence-corrected chi connectivity index (χ3v) is 4.14. The molecule has 19 heavy (non-hydrogen) atoms. The molecule has 0 saturated heterocycles.